The number of amides is 1. The lowest BCUT2D eigenvalue weighted by Crippen LogP contribution is -2.40. The normalized spacial score (nSPS) is 14.8. The molecule has 0 atom stereocenters. The monoisotopic (exact) mass is 432 g/mol. The molecule has 1 fully saturated rings. The second-order valence-corrected chi connectivity index (χ2v) is 8.94. The number of carbonyl (C=O) groups is 1. The third-order valence-electron chi connectivity index (χ3n) is 5.77. The number of benzene rings is 1. The van der Waals surface area contributed by atoms with Crippen LogP contribution in [-0.4, -0.2) is 38.8 Å². The fraction of sp³-hybridized carbons (Fsp3) is 0.304. The number of carbonyl (C=O) groups excluding carboxylic acids is 1. The molecule has 3 aromatic heterocycles. The van der Waals surface area contributed by atoms with E-state index < -0.39 is 0 Å². The van der Waals surface area contributed by atoms with Gasteiger partial charge in [0.05, 0.1) is 6.54 Å². The van der Waals surface area contributed by atoms with Crippen molar-refractivity contribution in [2.45, 2.75) is 26.3 Å². The van der Waals surface area contributed by atoms with Gasteiger partial charge in [-0.2, -0.15) is 4.52 Å². The van der Waals surface area contributed by atoms with Crippen molar-refractivity contribution >= 4 is 28.7 Å². The first kappa shape index (κ1) is 19.7. The molecule has 0 unspecified atom stereocenters. The number of aryl methyl sites for hydroxylation is 1. The lowest BCUT2D eigenvalue weighted by atomic mass is 9.96. The molecule has 0 saturated carbocycles. The summed E-state index contributed by atoms with van der Waals surface area (Å²) < 4.78 is 1.81. The standard InChI is InChI=1S/C23H24N6OS/c1-16-4-6-17(7-5-16)22-26-25-20-8-9-21(27-29(20)22)28-12-10-18(11-13-28)23(30)24-15-19-3-2-14-31-19/h2-9,14,18H,10-13,15H2,1H3,(H,24,30). The van der Waals surface area contributed by atoms with E-state index in [4.69, 9.17) is 5.10 Å². The summed E-state index contributed by atoms with van der Waals surface area (Å²) in [6, 6.07) is 16.2. The number of rotatable bonds is 5. The third kappa shape index (κ3) is 4.16. The Balaban J connectivity index is 1.27. The molecule has 1 aliphatic heterocycles. The number of fused-ring (bicyclic) bond motifs is 1. The molecule has 0 spiro atoms. The number of hydrogen-bond donors (Lipinski definition) is 1. The summed E-state index contributed by atoms with van der Waals surface area (Å²) in [6.45, 7) is 4.29. The van der Waals surface area contributed by atoms with Gasteiger partial charge >= 0.3 is 0 Å². The van der Waals surface area contributed by atoms with Crippen molar-refractivity contribution in [1.82, 2.24) is 25.1 Å². The van der Waals surface area contributed by atoms with E-state index in [1.165, 1.54) is 10.4 Å². The molecular weight excluding hydrogens is 408 g/mol. The summed E-state index contributed by atoms with van der Waals surface area (Å²) in [5, 5.41) is 18.5. The maximum Gasteiger partial charge on any atom is 0.223 e. The molecule has 1 N–H and O–H groups in total. The Kier molecular flexibility index (Phi) is 5.38. The maximum absolute atomic E-state index is 12.5. The molecule has 4 heterocycles. The van der Waals surface area contributed by atoms with Crippen LogP contribution in [0.4, 0.5) is 5.82 Å². The zero-order chi connectivity index (χ0) is 21.2. The van der Waals surface area contributed by atoms with Gasteiger partial charge in [-0.25, -0.2) is 0 Å². The van der Waals surface area contributed by atoms with Crippen molar-refractivity contribution in [2.24, 2.45) is 5.92 Å². The van der Waals surface area contributed by atoms with Crippen LogP contribution in [0.1, 0.15) is 23.3 Å². The Morgan fingerprint density at radius 1 is 1.10 bits per heavy atom. The fourth-order valence-electron chi connectivity index (χ4n) is 3.93. The van der Waals surface area contributed by atoms with Crippen LogP contribution in [0.3, 0.4) is 0 Å². The van der Waals surface area contributed by atoms with Crippen molar-refractivity contribution in [3.63, 3.8) is 0 Å². The van der Waals surface area contributed by atoms with E-state index in [9.17, 15) is 4.79 Å². The van der Waals surface area contributed by atoms with E-state index in [0.717, 1.165) is 48.8 Å². The third-order valence-corrected chi connectivity index (χ3v) is 6.64. The lowest BCUT2D eigenvalue weighted by molar-refractivity contribution is -0.125. The second-order valence-electron chi connectivity index (χ2n) is 7.91. The first-order valence-electron chi connectivity index (χ1n) is 10.5. The van der Waals surface area contributed by atoms with E-state index in [2.05, 4.69) is 39.5 Å². The van der Waals surface area contributed by atoms with Gasteiger partial charge in [0.25, 0.3) is 0 Å². The number of aromatic nitrogens is 4. The van der Waals surface area contributed by atoms with Crippen molar-refractivity contribution in [2.75, 3.05) is 18.0 Å². The number of thiophene rings is 1. The highest BCUT2D eigenvalue weighted by atomic mass is 32.1. The van der Waals surface area contributed by atoms with Gasteiger partial charge in [0.1, 0.15) is 5.82 Å². The molecule has 8 heteroatoms. The predicted octanol–water partition coefficient (Wildman–Crippen LogP) is 3.69. The molecule has 5 rings (SSSR count). The van der Waals surface area contributed by atoms with Crippen molar-refractivity contribution in [1.29, 1.82) is 0 Å². The highest BCUT2D eigenvalue weighted by Gasteiger charge is 2.26. The van der Waals surface area contributed by atoms with Gasteiger partial charge in [0.2, 0.25) is 5.91 Å². The number of nitrogens with one attached hydrogen (secondary N) is 1. The van der Waals surface area contributed by atoms with Gasteiger partial charge in [0, 0.05) is 29.4 Å². The van der Waals surface area contributed by atoms with Crippen LogP contribution in [0.5, 0.6) is 0 Å². The second kappa shape index (κ2) is 8.47. The summed E-state index contributed by atoms with van der Waals surface area (Å²) in [6.07, 6.45) is 1.64. The largest absolute Gasteiger partial charge is 0.355 e. The molecule has 0 radical (unpaired) electrons. The Morgan fingerprint density at radius 3 is 2.65 bits per heavy atom. The SMILES string of the molecule is Cc1ccc(-c2nnc3ccc(N4CCC(C(=O)NCc5cccs5)CC4)nn23)cc1. The molecule has 1 aromatic carbocycles. The number of anilines is 1. The first-order valence-corrected chi connectivity index (χ1v) is 11.4. The van der Waals surface area contributed by atoms with E-state index in [0.29, 0.717) is 6.54 Å². The predicted molar refractivity (Wildman–Crippen MR) is 122 cm³/mol. The van der Waals surface area contributed by atoms with Crippen LogP contribution < -0.4 is 10.2 Å². The molecule has 0 aliphatic carbocycles. The van der Waals surface area contributed by atoms with Crippen LogP contribution in [0, 0.1) is 12.8 Å². The Labute approximate surface area is 184 Å². The minimum absolute atomic E-state index is 0.0537. The van der Waals surface area contributed by atoms with Crippen molar-refractivity contribution in [3.8, 4) is 11.4 Å². The van der Waals surface area contributed by atoms with Crippen molar-refractivity contribution < 1.29 is 4.79 Å². The lowest BCUT2D eigenvalue weighted by Gasteiger charge is -2.32. The van der Waals surface area contributed by atoms with Crippen LogP contribution in [0.25, 0.3) is 17.0 Å². The zero-order valence-electron chi connectivity index (χ0n) is 17.4. The molecule has 7 nitrogen and oxygen atoms in total. The highest BCUT2D eigenvalue weighted by Crippen LogP contribution is 2.24. The number of piperidine rings is 1. The van der Waals surface area contributed by atoms with Gasteiger partial charge in [-0.05, 0) is 43.3 Å². The Bertz CT molecular complexity index is 1180. The van der Waals surface area contributed by atoms with E-state index in [1.54, 1.807) is 15.9 Å². The molecule has 31 heavy (non-hydrogen) atoms. The minimum Gasteiger partial charge on any atom is -0.355 e. The molecule has 0 bridgehead atoms. The maximum atomic E-state index is 12.5. The molecule has 158 valence electrons. The fourth-order valence-corrected chi connectivity index (χ4v) is 4.58. The van der Waals surface area contributed by atoms with Gasteiger partial charge in [-0.3, -0.25) is 4.79 Å². The zero-order valence-corrected chi connectivity index (χ0v) is 18.2. The topological polar surface area (TPSA) is 75.4 Å². The van der Waals surface area contributed by atoms with E-state index in [1.807, 2.05) is 41.8 Å². The number of nitrogens with zero attached hydrogens (tertiary/aromatic N) is 5. The molecular formula is C23H24N6OS. The van der Waals surface area contributed by atoms with Crippen LogP contribution in [0.15, 0.2) is 53.9 Å². The summed E-state index contributed by atoms with van der Waals surface area (Å²) in [5.41, 5.74) is 2.92. The van der Waals surface area contributed by atoms with Crippen LogP contribution in [0.2, 0.25) is 0 Å². The Hall–Kier alpha value is -3.26. The van der Waals surface area contributed by atoms with Crippen molar-refractivity contribution in [3.05, 3.63) is 64.4 Å². The molecule has 1 amide bonds. The average Bonchev–Trinajstić information content (AvgIpc) is 3.48. The van der Waals surface area contributed by atoms with E-state index >= 15 is 0 Å². The van der Waals surface area contributed by atoms with Crippen LogP contribution in [-0.2, 0) is 11.3 Å². The van der Waals surface area contributed by atoms with Gasteiger partial charge in [0.15, 0.2) is 11.5 Å². The smallest absolute Gasteiger partial charge is 0.223 e. The Morgan fingerprint density at radius 2 is 1.90 bits per heavy atom. The first-order chi connectivity index (χ1) is 15.2. The summed E-state index contributed by atoms with van der Waals surface area (Å²) in [7, 11) is 0. The van der Waals surface area contributed by atoms with Crippen LogP contribution >= 0.6 is 11.3 Å². The average molecular weight is 433 g/mol. The van der Waals surface area contributed by atoms with Gasteiger partial charge < -0.3 is 10.2 Å². The quantitative estimate of drug-likeness (QED) is 0.521. The minimum atomic E-state index is 0.0537. The summed E-state index contributed by atoms with van der Waals surface area (Å²) >= 11 is 1.67. The molecule has 4 aromatic rings. The summed E-state index contributed by atoms with van der Waals surface area (Å²) in [5.74, 6) is 1.83. The molecule has 1 saturated heterocycles. The number of hydrogen-bond acceptors (Lipinski definition) is 6. The summed E-state index contributed by atoms with van der Waals surface area (Å²) in [4.78, 5) is 16.0. The highest BCUT2D eigenvalue weighted by molar-refractivity contribution is 7.09. The van der Waals surface area contributed by atoms with E-state index in [-0.39, 0.29) is 11.8 Å². The van der Waals surface area contributed by atoms with Gasteiger partial charge in [-0.15, -0.1) is 26.6 Å². The molecule has 1 aliphatic rings. The van der Waals surface area contributed by atoms with Gasteiger partial charge in [-0.1, -0.05) is 35.9 Å².